The predicted octanol–water partition coefficient (Wildman–Crippen LogP) is 0.0203. The molecule has 0 fully saturated rings. The molecule has 6 heteroatoms. The van der Waals surface area contributed by atoms with Crippen LogP contribution < -0.4 is 17.0 Å². The van der Waals surface area contributed by atoms with Crippen LogP contribution in [0.25, 0.3) is 0 Å². The molecule has 0 aliphatic heterocycles. The number of nitrogens with two attached hydrogens (primary N) is 1. The highest BCUT2D eigenvalue weighted by Gasteiger charge is 2.03. The quantitative estimate of drug-likeness (QED) is 0.327. The van der Waals surface area contributed by atoms with E-state index in [0.717, 1.165) is 17.8 Å². The fraction of sp³-hybridized carbons (Fsp3) is 0.545. The molecule has 0 spiro atoms. The van der Waals surface area contributed by atoms with Crippen LogP contribution in [0.1, 0.15) is 30.7 Å². The van der Waals surface area contributed by atoms with E-state index in [9.17, 15) is 9.59 Å². The third-order valence-corrected chi connectivity index (χ3v) is 2.54. The molecule has 6 nitrogen and oxygen atoms in total. The zero-order valence-corrected chi connectivity index (χ0v) is 10.2. The summed E-state index contributed by atoms with van der Waals surface area (Å²) in [4.78, 5) is 26.4. The average Bonchev–Trinajstić information content (AvgIpc) is 2.26. The number of carbonyl (C=O) groups is 1. The highest BCUT2D eigenvalue weighted by molar-refractivity contribution is 5.74. The van der Waals surface area contributed by atoms with Crippen molar-refractivity contribution in [3.05, 3.63) is 27.9 Å². The molecular formula is C11H18N4O2. The second-order valence-corrected chi connectivity index (χ2v) is 4.00. The SMILES string of the molecule is Cc1cc(C)n(CCCCC(=O)NN)c(=O)n1. The summed E-state index contributed by atoms with van der Waals surface area (Å²) in [5, 5.41) is 0. The summed E-state index contributed by atoms with van der Waals surface area (Å²) in [6.07, 6.45) is 1.82. The first-order chi connectivity index (χ1) is 8.04. The van der Waals surface area contributed by atoms with Gasteiger partial charge < -0.3 is 0 Å². The van der Waals surface area contributed by atoms with Gasteiger partial charge in [-0.3, -0.25) is 14.8 Å². The molecule has 0 unspecified atom stereocenters. The number of aromatic nitrogens is 2. The molecule has 1 heterocycles. The molecule has 0 bridgehead atoms. The molecule has 0 aromatic carbocycles. The van der Waals surface area contributed by atoms with Crippen molar-refractivity contribution in [3.8, 4) is 0 Å². The Morgan fingerprint density at radius 3 is 2.76 bits per heavy atom. The maximum absolute atomic E-state index is 11.6. The minimum absolute atomic E-state index is 0.184. The van der Waals surface area contributed by atoms with Gasteiger partial charge in [0.15, 0.2) is 0 Å². The summed E-state index contributed by atoms with van der Waals surface area (Å²) in [5.41, 5.74) is 3.47. The smallest absolute Gasteiger partial charge is 0.297 e. The molecule has 1 aromatic heterocycles. The number of hydrogen-bond acceptors (Lipinski definition) is 4. The fourth-order valence-corrected chi connectivity index (χ4v) is 1.67. The monoisotopic (exact) mass is 238 g/mol. The van der Waals surface area contributed by atoms with Gasteiger partial charge in [-0.15, -0.1) is 0 Å². The van der Waals surface area contributed by atoms with Crippen LogP contribution in [0.15, 0.2) is 10.9 Å². The van der Waals surface area contributed by atoms with Crippen molar-refractivity contribution >= 4 is 5.91 Å². The van der Waals surface area contributed by atoms with Gasteiger partial charge in [-0.2, -0.15) is 4.98 Å². The average molecular weight is 238 g/mol. The lowest BCUT2D eigenvalue weighted by Gasteiger charge is -2.09. The first-order valence-corrected chi connectivity index (χ1v) is 5.59. The third kappa shape index (κ3) is 3.99. The minimum atomic E-state index is -0.231. The summed E-state index contributed by atoms with van der Waals surface area (Å²) in [6, 6.07) is 1.87. The van der Waals surface area contributed by atoms with Gasteiger partial charge in [0.25, 0.3) is 0 Å². The Morgan fingerprint density at radius 2 is 2.18 bits per heavy atom. The van der Waals surface area contributed by atoms with E-state index in [1.807, 2.05) is 13.0 Å². The molecule has 0 atom stereocenters. The molecule has 0 aliphatic rings. The number of unbranched alkanes of at least 4 members (excludes halogenated alkanes) is 1. The lowest BCUT2D eigenvalue weighted by Crippen LogP contribution is -2.30. The fourth-order valence-electron chi connectivity index (χ4n) is 1.67. The maximum Gasteiger partial charge on any atom is 0.347 e. The Labute approximate surface area is 99.8 Å². The van der Waals surface area contributed by atoms with Crippen LogP contribution in [0.2, 0.25) is 0 Å². The van der Waals surface area contributed by atoms with Gasteiger partial charge >= 0.3 is 5.69 Å². The maximum atomic E-state index is 11.6. The molecule has 0 radical (unpaired) electrons. The van der Waals surface area contributed by atoms with Gasteiger partial charge in [0, 0.05) is 24.4 Å². The molecule has 17 heavy (non-hydrogen) atoms. The Morgan fingerprint density at radius 1 is 1.47 bits per heavy atom. The van der Waals surface area contributed by atoms with Crippen molar-refractivity contribution in [1.82, 2.24) is 15.0 Å². The summed E-state index contributed by atoms with van der Waals surface area (Å²) < 4.78 is 1.62. The van der Waals surface area contributed by atoms with Crippen molar-refractivity contribution < 1.29 is 4.79 Å². The van der Waals surface area contributed by atoms with Crippen LogP contribution in [0, 0.1) is 13.8 Å². The van der Waals surface area contributed by atoms with Gasteiger partial charge in [-0.05, 0) is 32.8 Å². The van der Waals surface area contributed by atoms with Crippen molar-refractivity contribution in [1.29, 1.82) is 0 Å². The molecule has 1 aromatic rings. The van der Waals surface area contributed by atoms with E-state index in [1.165, 1.54) is 0 Å². The van der Waals surface area contributed by atoms with Gasteiger partial charge in [-0.25, -0.2) is 10.6 Å². The van der Waals surface area contributed by atoms with Crippen molar-refractivity contribution in [2.24, 2.45) is 5.84 Å². The second kappa shape index (κ2) is 6.15. The largest absolute Gasteiger partial charge is 0.347 e. The van der Waals surface area contributed by atoms with Gasteiger partial charge in [-0.1, -0.05) is 0 Å². The van der Waals surface area contributed by atoms with Crippen LogP contribution in [-0.4, -0.2) is 15.5 Å². The van der Waals surface area contributed by atoms with E-state index in [-0.39, 0.29) is 11.6 Å². The first kappa shape index (κ1) is 13.4. The van der Waals surface area contributed by atoms with E-state index in [1.54, 1.807) is 11.5 Å². The normalized spacial score (nSPS) is 10.3. The number of nitrogens with zero attached hydrogens (tertiary/aromatic N) is 2. The molecule has 94 valence electrons. The second-order valence-electron chi connectivity index (χ2n) is 4.00. The van der Waals surface area contributed by atoms with Crippen LogP contribution in [0.5, 0.6) is 0 Å². The van der Waals surface area contributed by atoms with Crippen LogP contribution >= 0.6 is 0 Å². The zero-order chi connectivity index (χ0) is 12.8. The van der Waals surface area contributed by atoms with E-state index < -0.39 is 0 Å². The molecule has 0 saturated carbocycles. The number of hydrogen-bond donors (Lipinski definition) is 2. The lowest BCUT2D eigenvalue weighted by molar-refractivity contribution is -0.121. The van der Waals surface area contributed by atoms with E-state index in [2.05, 4.69) is 10.4 Å². The van der Waals surface area contributed by atoms with Crippen LogP contribution in [0.4, 0.5) is 0 Å². The number of aryl methyl sites for hydroxylation is 2. The third-order valence-electron chi connectivity index (χ3n) is 2.54. The standard InChI is InChI=1S/C11H18N4O2/c1-8-7-9(2)15(11(17)13-8)6-4-3-5-10(16)14-12/h7H,3-6,12H2,1-2H3,(H,14,16). The van der Waals surface area contributed by atoms with Crippen LogP contribution in [-0.2, 0) is 11.3 Å². The first-order valence-electron chi connectivity index (χ1n) is 5.59. The molecular weight excluding hydrogens is 220 g/mol. The Hall–Kier alpha value is -1.69. The number of amides is 1. The number of carbonyl (C=O) groups excluding carboxylic acids is 1. The van der Waals surface area contributed by atoms with Crippen molar-refractivity contribution in [3.63, 3.8) is 0 Å². The molecule has 3 N–H and O–H groups in total. The highest BCUT2D eigenvalue weighted by Crippen LogP contribution is 2.01. The highest BCUT2D eigenvalue weighted by atomic mass is 16.2. The van der Waals surface area contributed by atoms with E-state index >= 15 is 0 Å². The van der Waals surface area contributed by atoms with Gasteiger partial charge in [0.2, 0.25) is 5.91 Å². The number of rotatable bonds is 5. The summed E-state index contributed by atoms with van der Waals surface area (Å²) in [6.45, 7) is 4.25. The van der Waals surface area contributed by atoms with Gasteiger partial charge in [0.05, 0.1) is 0 Å². The van der Waals surface area contributed by atoms with Crippen molar-refractivity contribution in [2.75, 3.05) is 0 Å². The summed E-state index contributed by atoms with van der Waals surface area (Å²) in [7, 11) is 0. The Bertz CT molecular complexity index is 453. The molecule has 0 aliphatic carbocycles. The predicted molar refractivity (Wildman–Crippen MR) is 64.2 cm³/mol. The van der Waals surface area contributed by atoms with Crippen LogP contribution in [0.3, 0.4) is 0 Å². The molecule has 1 rings (SSSR count). The minimum Gasteiger partial charge on any atom is -0.297 e. The van der Waals surface area contributed by atoms with E-state index in [0.29, 0.717) is 19.4 Å². The lowest BCUT2D eigenvalue weighted by atomic mass is 10.2. The topological polar surface area (TPSA) is 90.0 Å². The van der Waals surface area contributed by atoms with Gasteiger partial charge in [0.1, 0.15) is 0 Å². The number of hydrazine groups is 1. The summed E-state index contributed by atoms with van der Waals surface area (Å²) >= 11 is 0. The summed E-state index contributed by atoms with van der Waals surface area (Å²) in [5.74, 6) is 4.78. The van der Waals surface area contributed by atoms with E-state index in [4.69, 9.17) is 5.84 Å². The zero-order valence-electron chi connectivity index (χ0n) is 10.2. The molecule has 0 saturated heterocycles. The Balaban J connectivity index is 2.53. The van der Waals surface area contributed by atoms with Crippen molar-refractivity contribution in [2.45, 2.75) is 39.7 Å². The number of nitrogens with one attached hydrogen (secondary N) is 1. The molecule has 1 amide bonds. The Kier molecular flexibility index (Phi) is 4.84.